The van der Waals surface area contributed by atoms with Crippen molar-refractivity contribution >= 4 is 11.9 Å². The molecule has 2 rings (SSSR count). The summed E-state index contributed by atoms with van der Waals surface area (Å²) in [6.45, 7) is -0.152. The summed E-state index contributed by atoms with van der Waals surface area (Å²) in [4.78, 5) is 22.5. The summed E-state index contributed by atoms with van der Waals surface area (Å²) in [5, 5.41) is 19.1. The SMILES string of the molecule is COC(CNC(=O)Cn1cc(-c2ccccc2)nn1)C(=O)O. The van der Waals surface area contributed by atoms with Crippen LogP contribution in [0.1, 0.15) is 0 Å². The lowest BCUT2D eigenvalue weighted by atomic mass is 10.2. The number of hydrogen-bond acceptors (Lipinski definition) is 5. The molecule has 0 saturated heterocycles. The van der Waals surface area contributed by atoms with Crippen LogP contribution in [0.15, 0.2) is 36.5 Å². The molecule has 0 bridgehead atoms. The Hall–Kier alpha value is -2.74. The van der Waals surface area contributed by atoms with Crippen LogP contribution in [0.25, 0.3) is 11.3 Å². The van der Waals surface area contributed by atoms with E-state index in [0.717, 1.165) is 5.56 Å². The maximum absolute atomic E-state index is 11.8. The van der Waals surface area contributed by atoms with Crippen molar-refractivity contribution in [3.63, 3.8) is 0 Å². The third-order valence-corrected chi connectivity index (χ3v) is 2.96. The molecule has 8 heteroatoms. The highest BCUT2D eigenvalue weighted by Crippen LogP contribution is 2.14. The molecule has 22 heavy (non-hydrogen) atoms. The van der Waals surface area contributed by atoms with E-state index in [4.69, 9.17) is 9.84 Å². The minimum absolute atomic E-state index is 0.0457. The Kier molecular flexibility index (Phi) is 5.21. The predicted octanol–water partition coefficient (Wildman–Crippen LogP) is 0.161. The molecule has 1 heterocycles. The summed E-state index contributed by atoms with van der Waals surface area (Å²) in [6.07, 6.45) is 0.583. The molecule has 0 saturated carbocycles. The van der Waals surface area contributed by atoms with Crippen LogP contribution >= 0.6 is 0 Å². The first-order chi connectivity index (χ1) is 10.6. The first-order valence-corrected chi connectivity index (χ1v) is 6.58. The highest BCUT2D eigenvalue weighted by molar-refractivity contribution is 5.78. The largest absolute Gasteiger partial charge is 0.479 e. The molecule has 0 aliphatic rings. The van der Waals surface area contributed by atoms with Gasteiger partial charge in [0.25, 0.3) is 0 Å². The Balaban J connectivity index is 1.90. The number of amides is 1. The van der Waals surface area contributed by atoms with Gasteiger partial charge in [0.2, 0.25) is 5.91 Å². The van der Waals surface area contributed by atoms with Gasteiger partial charge in [-0.15, -0.1) is 5.10 Å². The van der Waals surface area contributed by atoms with Gasteiger partial charge in [-0.1, -0.05) is 35.5 Å². The number of carbonyl (C=O) groups excluding carboxylic acids is 1. The van der Waals surface area contributed by atoms with Gasteiger partial charge in [-0.25, -0.2) is 9.48 Å². The molecule has 0 radical (unpaired) electrons. The minimum Gasteiger partial charge on any atom is -0.479 e. The third-order valence-electron chi connectivity index (χ3n) is 2.96. The summed E-state index contributed by atoms with van der Waals surface area (Å²) in [5.41, 5.74) is 1.56. The molecular weight excluding hydrogens is 288 g/mol. The number of benzene rings is 1. The molecule has 1 atom stereocenters. The van der Waals surface area contributed by atoms with E-state index in [1.165, 1.54) is 11.8 Å². The molecule has 2 aromatic rings. The van der Waals surface area contributed by atoms with Crippen molar-refractivity contribution in [2.45, 2.75) is 12.6 Å². The van der Waals surface area contributed by atoms with Crippen LogP contribution in [-0.4, -0.2) is 51.7 Å². The highest BCUT2D eigenvalue weighted by atomic mass is 16.5. The van der Waals surface area contributed by atoms with Crippen LogP contribution < -0.4 is 5.32 Å². The van der Waals surface area contributed by atoms with Crippen molar-refractivity contribution < 1.29 is 19.4 Å². The summed E-state index contributed by atoms with van der Waals surface area (Å²) in [7, 11) is 1.27. The van der Waals surface area contributed by atoms with E-state index in [2.05, 4.69) is 15.6 Å². The van der Waals surface area contributed by atoms with Gasteiger partial charge < -0.3 is 15.2 Å². The molecule has 1 aromatic heterocycles. The molecule has 116 valence electrons. The highest BCUT2D eigenvalue weighted by Gasteiger charge is 2.17. The van der Waals surface area contributed by atoms with E-state index < -0.39 is 12.1 Å². The van der Waals surface area contributed by atoms with Crippen LogP contribution in [0.4, 0.5) is 0 Å². The number of carboxylic acids is 1. The number of carboxylic acid groups (broad SMARTS) is 1. The zero-order valence-corrected chi connectivity index (χ0v) is 12.0. The van der Waals surface area contributed by atoms with Crippen molar-refractivity contribution in [3.05, 3.63) is 36.5 Å². The number of carbonyl (C=O) groups is 2. The molecule has 0 spiro atoms. The van der Waals surface area contributed by atoms with Gasteiger partial charge in [0.05, 0.1) is 12.7 Å². The number of hydrogen-bond donors (Lipinski definition) is 2. The first-order valence-electron chi connectivity index (χ1n) is 6.58. The van der Waals surface area contributed by atoms with Crippen molar-refractivity contribution in [2.75, 3.05) is 13.7 Å². The smallest absolute Gasteiger partial charge is 0.334 e. The van der Waals surface area contributed by atoms with Crippen LogP contribution in [-0.2, 0) is 20.9 Å². The van der Waals surface area contributed by atoms with Gasteiger partial charge in [0, 0.05) is 12.7 Å². The lowest BCUT2D eigenvalue weighted by molar-refractivity contribution is -0.148. The second-order valence-corrected chi connectivity index (χ2v) is 4.53. The number of nitrogens with one attached hydrogen (secondary N) is 1. The molecule has 2 N–H and O–H groups in total. The molecular formula is C14H16N4O4. The number of aliphatic carboxylic acids is 1. The van der Waals surface area contributed by atoms with E-state index in [0.29, 0.717) is 5.69 Å². The fourth-order valence-electron chi connectivity index (χ4n) is 1.80. The van der Waals surface area contributed by atoms with Crippen molar-refractivity contribution in [3.8, 4) is 11.3 Å². The number of aromatic nitrogens is 3. The Bertz CT molecular complexity index is 641. The van der Waals surface area contributed by atoms with Gasteiger partial charge in [-0.05, 0) is 0 Å². The van der Waals surface area contributed by atoms with E-state index in [1.54, 1.807) is 6.20 Å². The molecule has 1 unspecified atom stereocenters. The maximum Gasteiger partial charge on any atom is 0.334 e. The molecule has 1 aromatic carbocycles. The summed E-state index contributed by atoms with van der Waals surface area (Å²) < 4.78 is 6.11. The van der Waals surface area contributed by atoms with Crippen molar-refractivity contribution in [2.24, 2.45) is 0 Å². The zero-order valence-electron chi connectivity index (χ0n) is 12.0. The average molecular weight is 304 g/mol. The molecule has 0 fully saturated rings. The zero-order chi connectivity index (χ0) is 15.9. The maximum atomic E-state index is 11.8. The molecule has 0 aliphatic heterocycles. The number of nitrogens with zero attached hydrogens (tertiary/aromatic N) is 3. The standard InChI is InChI=1S/C14H16N4O4/c1-22-12(14(20)21)7-15-13(19)9-18-8-11(16-17-18)10-5-3-2-4-6-10/h2-6,8,12H,7,9H2,1H3,(H,15,19)(H,20,21). The van der Waals surface area contributed by atoms with Gasteiger partial charge in [-0.3, -0.25) is 4.79 Å². The second kappa shape index (κ2) is 7.32. The monoisotopic (exact) mass is 304 g/mol. The lowest BCUT2D eigenvalue weighted by Crippen LogP contribution is -2.39. The number of rotatable bonds is 7. The fraction of sp³-hybridized carbons (Fsp3) is 0.286. The Morgan fingerprint density at radius 2 is 2.09 bits per heavy atom. The molecule has 8 nitrogen and oxygen atoms in total. The van der Waals surface area contributed by atoms with E-state index >= 15 is 0 Å². The van der Waals surface area contributed by atoms with Crippen molar-refractivity contribution in [1.29, 1.82) is 0 Å². The van der Waals surface area contributed by atoms with Gasteiger partial charge in [0.15, 0.2) is 6.10 Å². The second-order valence-electron chi connectivity index (χ2n) is 4.53. The minimum atomic E-state index is -1.13. The Morgan fingerprint density at radius 1 is 1.36 bits per heavy atom. The average Bonchev–Trinajstić information content (AvgIpc) is 2.97. The Labute approximate surface area is 126 Å². The van der Waals surface area contributed by atoms with Crippen molar-refractivity contribution in [1.82, 2.24) is 20.3 Å². The van der Waals surface area contributed by atoms with E-state index in [9.17, 15) is 9.59 Å². The van der Waals surface area contributed by atoms with Crippen LogP contribution in [0.5, 0.6) is 0 Å². The molecule has 0 aliphatic carbocycles. The number of methoxy groups -OCH3 is 1. The van der Waals surface area contributed by atoms with E-state index in [1.807, 2.05) is 30.3 Å². The van der Waals surface area contributed by atoms with E-state index in [-0.39, 0.29) is 19.0 Å². The summed E-state index contributed by atoms with van der Waals surface area (Å²) in [6, 6.07) is 9.46. The van der Waals surface area contributed by atoms with Crippen LogP contribution in [0.3, 0.4) is 0 Å². The lowest BCUT2D eigenvalue weighted by Gasteiger charge is -2.11. The van der Waals surface area contributed by atoms with Gasteiger partial charge >= 0.3 is 5.97 Å². The fourth-order valence-corrected chi connectivity index (χ4v) is 1.80. The van der Waals surface area contributed by atoms with Gasteiger partial charge in [0.1, 0.15) is 12.2 Å². The number of ether oxygens (including phenoxy) is 1. The summed E-state index contributed by atoms with van der Waals surface area (Å²) >= 11 is 0. The first kappa shape index (κ1) is 15.6. The third kappa shape index (κ3) is 4.13. The predicted molar refractivity (Wildman–Crippen MR) is 76.9 cm³/mol. The van der Waals surface area contributed by atoms with Crippen LogP contribution in [0.2, 0.25) is 0 Å². The Morgan fingerprint density at radius 3 is 2.73 bits per heavy atom. The topological polar surface area (TPSA) is 106 Å². The van der Waals surface area contributed by atoms with Crippen LogP contribution in [0, 0.1) is 0 Å². The summed E-state index contributed by atoms with van der Waals surface area (Å²) in [5.74, 6) is -1.50. The quantitative estimate of drug-likeness (QED) is 0.755. The normalized spacial score (nSPS) is 11.9. The van der Waals surface area contributed by atoms with Gasteiger partial charge in [-0.2, -0.15) is 0 Å². The molecule has 1 amide bonds.